The van der Waals surface area contributed by atoms with E-state index >= 15 is 0 Å². The number of ketones is 1. The van der Waals surface area contributed by atoms with Gasteiger partial charge in [-0.25, -0.2) is 0 Å². The van der Waals surface area contributed by atoms with Crippen molar-refractivity contribution in [3.8, 4) is 5.75 Å². The molecule has 0 aliphatic heterocycles. The summed E-state index contributed by atoms with van der Waals surface area (Å²) >= 11 is 0. The number of nitrogens with one attached hydrogen (secondary N) is 1. The van der Waals surface area contributed by atoms with Gasteiger partial charge >= 0.3 is 0 Å². The van der Waals surface area contributed by atoms with Crippen LogP contribution in [0, 0.1) is 0 Å². The van der Waals surface area contributed by atoms with Crippen molar-refractivity contribution in [3.05, 3.63) is 102 Å². The fourth-order valence-electron chi connectivity index (χ4n) is 3.43. The zero-order valence-corrected chi connectivity index (χ0v) is 15.9. The van der Waals surface area contributed by atoms with E-state index in [-0.39, 0.29) is 11.7 Å². The van der Waals surface area contributed by atoms with Crippen LogP contribution in [0.5, 0.6) is 5.75 Å². The van der Waals surface area contributed by atoms with Crippen LogP contribution in [0.15, 0.2) is 85.1 Å². The Balaban J connectivity index is 1.53. The van der Waals surface area contributed by atoms with Gasteiger partial charge in [0.15, 0.2) is 0 Å². The maximum Gasteiger partial charge on any atom is 0.144 e. The van der Waals surface area contributed by atoms with Crippen molar-refractivity contribution in [1.82, 2.24) is 4.98 Å². The zero-order valence-electron chi connectivity index (χ0n) is 15.9. The van der Waals surface area contributed by atoms with Crippen LogP contribution in [-0.2, 0) is 17.8 Å². The van der Waals surface area contributed by atoms with Crippen LogP contribution < -0.4 is 4.74 Å². The first-order valence-corrected chi connectivity index (χ1v) is 9.55. The number of hydrogen-bond donors (Lipinski definition) is 1. The maximum atomic E-state index is 12.8. The Bertz CT molecular complexity index is 1070. The smallest absolute Gasteiger partial charge is 0.144 e. The van der Waals surface area contributed by atoms with E-state index in [0.717, 1.165) is 33.3 Å². The van der Waals surface area contributed by atoms with Gasteiger partial charge in [-0.2, -0.15) is 0 Å². The summed E-state index contributed by atoms with van der Waals surface area (Å²) in [5, 5.41) is 1.04. The van der Waals surface area contributed by atoms with Crippen molar-refractivity contribution in [2.24, 2.45) is 0 Å². The first-order chi connectivity index (χ1) is 13.7. The molecule has 0 spiro atoms. The highest BCUT2D eigenvalue weighted by atomic mass is 16.5. The number of aromatic amines is 1. The highest BCUT2D eigenvalue weighted by Gasteiger charge is 2.19. The summed E-state index contributed by atoms with van der Waals surface area (Å²) in [5.74, 6) is 0.834. The number of H-pyrrole nitrogens is 1. The number of rotatable bonds is 7. The third kappa shape index (κ3) is 3.99. The topological polar surface area (TPSA) is 42.1 Å². The van der Waals surface area contributed by atoms with Crippen molar-refractivity contribution in [2.45, 2.75) is 25.9 Å². The second-order valence-corrected chi connectivity index (χ2v) is 7.08. The van der Waals surface area contributed by atoms with Crippen LogP contribution in [0.1, 0.15) is 29.5 Å². The van der Waals surface area contributed by atoms with Gasteiger partial charge in [-0.3, -0.25) is 4.79 Å². The molecule has 0 saturated carbocycles. The molecule has 28 heavy (non-hydrogen) atoms. The number of aromatic nitrogens is 1. The van der Waals surface area contributed by atoms with Crippen molar-refractivity contribution in [1.29, 1.82) is 0 Å². The molecule has 3 heteroatoms. The lowest BCUT2D eigenvalue weighted by atomic mass is 9.92. The van der Waals surface area contributed by atoms with E-state index in [1.165, 1.54) is 0 Å². The SMILES string of the molecule is CC(C(=O)Cc1ccccc1)c1c[nH]c2ccc(OCc3ccccc3)cc12. The van der Waals surface area contributed by atoms with Gasteiger partial charge in [0, 0.05) is 29.4 Å². The average molecular weight is 369 g/mol. The molecule has 0 aliphatic carbocycles. The first-order valence-electron chi connectivity index (χ1n) is 9.55. The number of fused-ring (bicyclic) bond motifs is 1. The van der Waals surface area contributed by atoms with Crippen molar-refractivity contribution in [2.75, 3.05) is 0 Å². The Morgan fingerprint density at radius 3 is 2.32 bits per heavy atom. The quantitative estimate of drug-likeness (QED) is 0.456. The van der Waals surface area contributed by atoms with Crippen LogP contribution in [-0.4, -0.2) is 10.8 Å². The van der Waals surface area contributed by atoms with Crippen molar-refractivity contribution >= 4 is 16.7 Å². The summed E-state index contributed by atoms with van der Waals surface area (Å²) in [6.07, 6.45) is 2.39. The van der Waals surface area contributed by atoms with Crippen molar-refractivity contribution < 1.29 is 9.53 Å². The molecule has 0 radical (unpaired) electrons. The summed E-state index contributed by atoms with van der Waals surface area (Å²) in [6, 6.07) is 26.0. The molecular formula is C25H23NO2. The first kappa shape index (κ1) is 18.1. The van der Waals surface area contributed by atoms with Gasteiger partial charge in [0.25, 0.3) is 0 Å². The van der Waals surface area contributed by atoms with Crippen LogP contribution in [0.3, 0.4) is 0 Å². The molecule has 0 bridgehead atoms. The minimum Gasteiger partial charge on any atom is -0.489 e. The Hall–Kier alpha value is -3.33. The Morgan fingerprint density at radius 2 is 1.61 bits per heavy atom. The highest BCUT2D eigenvalue weighted by molar-refractivity contribution is 5.94. The Labute approximate surface area is 165 Å². The molecule has 0 fully saturated rings. The summed E-state index contributed by atoms with van der Waals surface area (Å²) in [4.78, 5) is 16.1. The van der Waals surface area contributed by atoms with E-state index in [2.05, 4.69) is 4.98 Å². The van der Waals surface area contributed by atoms with Gasteiger partial charge in [-0.1, -0.05) is 67.6 Å². The van der Waals surface area contributed by atoms with Gasteiger partial charge in [0.1, 0.15) is 18.1 Å². The fraction of sp³-hybridized carbons (Fsp3) is 0.160. The summed E-state index contributed by atoms with van der Waals surface area (Å²) in [6.45, 7) is 2.50. The molecule has 1 aromatic heterocycles. The van der Waals surface area contributed by atoms with Crippen LogP contribution in [0.4, 0.5) is 0 Å². The molecule has 0 aliphatic rings. The van der Waals surface area contributed by atoms with Crippen LogP contribution in [0.25, 0.3) is 10.9 Å². The lowest BCUT2D eigenvalue weighted by Crippen LogP contribution is -2.11. The maximum absolute atomic E-state index is 12.8. The normalized spacial score (nSPS) is 12.0. The molecule has 0 amide bonds. The van der Waals surface area contributed by atoms with E-state index < -0.39 is 0 Å². The third-order valence-electron chi connectivity index (χ3n) is 5.10. The van der Waals surface area contributed by atoms with E-state index in [0.29, 0.717) is 13.0 Å². The zero-order chi connectivity index (χ0) is 19.3. The monoisotopic (exact) mass is 369 g/mol. The molecule has 1 N–H and O–H groups in total. The highest BCUT2D eigenvalue weighted by Crippen LogP contribution is 2.30. The Kier molecular flexibility index (Phi) is 5.24. The fourth-order valence-corrected chi connectivity index (χ4v) is 3.43. The molecule has 1 unspecified atom stereocenters. The second-order valence-electron chi connectivity index (χ2n) is 7.08. The number of carbonyl (C=O) groups is 1. The predicted molar refractivity (Wildman–Crippen MR) is 113 cm³/mol. The van der Waals surface area contributed by atoms with E-state index in [1.54, 1.807) is 0 Å². The van der Waals surface area contributed by atoms with E-state index in [9.17, 15) is 4.79 Å². The second kappa shape index (κ2) is 8.13. The minimum atomic E-state index is -0.182. The van der Waals surface area contributed by atoms with Crippen molar-refractivity contribution in [3.63, 3.8) is 0 Å². The molecule has 1 heterocycles. The standard InChI is InChI=1S/C25H23NO2/c1-18(25(27)14-19-8-4-2-5-9-19)23-16-26-24-13-12-21(15-22(23)24)28-17-20-10-6-3-7-11-20/h2-13,15-16,18,26H,14,17H2,1H3. The summed E-state index contributed by atoms with van der Waals surface area (Å²) in [5.41, 5.74) is 4.21. The molecule has 140 valence electrons. The van der Waals surface area contributed by atoms with Gasteiger partial charge in [0.05, 0.1) is 0 Å². The minimum absolute atomic E-state index is 0.182. The van der Waals surface area contributed by atoms with Gasteiger partial charge in [-0.15, -0.1) is 0 Å². The van der Waals surface area contributed by atoms with Crippen LogP contribution >= 0.6 is 0 Å². The van der Waals surface area contributed by atoms with Gasteiger partial charge < -0.3 is 9.72 Å². The molecule has 0 saturated heterocycles. The van der Waals surface area contributed by atoms with Crippen LogP contribution in [0.2, 0.25) is 0 Å². The Morgan fingerprint density at radius 1 is 0.929 bits per heavy atom. The number of Topliss-reactive ketones (excluding diaryl/α,β-unsaturated/α-hetero) is 1. The largest absolute Gasteiger partial charge is 0.489 e. The lowest BCUT2D eigenvalue weighted by molar-refractivity contribution is -0.119. The summed E-state index contributed by atoms with van der Waals surface area (Å²) in [7, 11) is 0. The van der Waals surface area contributed by atoms with Gasteiger partial charge in [0.2, 0.25) is 0 Å². The number of carbonyl (C=O) groups excluding carboxylic acids is 1. The van der Waals surface area contributed by atoms with E-state index in [1.807, 2.05) is 92.0 Å². The molecular weight excluding hydrogens is 346 g/mol. The molecule has 4 rings (SSSR count). The number of ether oxygens (including phenoxy) is 1. The molecule has 3 nitrogen and oxygen atoms in total. The molecule has 4 aromatic rings. The average Bonchev–Trinajstić information content (AvgIpc) is 3.16. The van der Waals surface area contributed by atoms with E-state index in [4.69, 9.17) is 4.74 Å². The van der Waals surface area contributed by atoms with Gasteiger partial charge in [-0.05, 0) is 34.9 Å². The lowest BCUT2D eigenvalue weighted by Gasteiger charge is -2.11. The third-order valence-corrected chi connectivity index (χ3v) is 5.10. The summed E-state index contributed by atoms with van der Waals surface area (Å²) < 4.78 is 5.96. The number of hydrogen-bond acceptors (Lipinski definition) is 2. The molecule has 3 aromatic carbocycles. The number of benzene rings is 3. The predicted octanol–water partition coefficient (Wildman–Crippen LogP) is 5.66. The molecule has 1 atom stereocenters.